The van der Waals surface area contributed by atoms with Crippen LogP contribution in [0.2, 0.25) is 0 Å². The third-order valence-electron chi connectivity index (χ3n) is 3.33. The molecule has 1 atom stereocenters. The summed E-state index contributed by atoms with van der Waals surface area (Å²) in [5, 5.41) is 14.3. The van der Waals surface area contributed by atoms with Crippen molar-refractivity contribution in [2.45, 2.75) is 38.6 Å². The van der Waals surface area contributed by atoms with Crippen LogP contribution in [0.15, 0.2) is 24.3 Å². The maximum absolute atomic E-state index is 11.8. The van der Waals surface area contributed by atoms with Crippen molar-refractivity contribution in [3.05, 3.63) is 29.8 Å². The van der Waals surface area contributed by atoms with Gasteiger partial charge in [0.05, 0.1) is 0 Å². The van der Waals surface area contributed by atoms with E-state index >= 15 is 0 Å². The van der Waals surface area contributed by atoms with E-state index in [1.54, 1.807) is 31.2 Å². The van der Waals surface area contributed by atoms with Gasteiger partial charge in [0.25, 0.3) is 5.91 Å². The van der Waals surface area contributed by atoms with Gasteiger partial charge in [0.1, 0.15) is 6.04 Å². The van der Waals surface area contributed by atoms with Gasteiger partial charge in [-0.25, -0.2) is 4.79 Å². The Kier molecular flexibility index (Phi) is 7.59. The molecule has 0 aliphatic rings. The average Bonchev–Trinajstić information content (AvgIpc) is 2.53. The number of rotatable bonds is 9. The summed E-state index contributed by atoms with van der Waals surface area (Å²) in [6.07, 6.45) is 1.80. The van der Waals surface area contributed by atoms with Crippen LogP contribution >= 0.6 is 0 Å². The maximum Gasteiger partial charge on any atom is 0.326 e. The normalized spacial score (nSPS) is 11.5. The number of aliphatic carboxylic acids is 1. The number of carboxylic acids is 1. The first kappa shape index (κ1) is 18.5. The zero-order chi connectivity index (χ0) is 17.2. The van der Waals surface area contributed by atoms with Gasteiger partial charge in [0, 0.05) is 24.2 Å². The van der Waals surface area contributed by atoms with Crippen molar-refractivity contribution in [2.24, 2.45) is 0 Å². The van der Waals surface area contributed by atoms with Crippen LogP contribution in [0.1, 0.15) is 43.0 Å². The molecule has 7 nitrogen and oxygen atoms in total. The fourth-order valence-electron chi connectivity index (χ4n) is 1.97. The molecule has 0 aliphatic heterocycles. The number of nitrogens with one attached hydrogen (secondary N) is 2. The van der Waals surface area contributed by atoms with Crippen LogP contribution in [0.4, 0.5) is 5.69 Å². The maximum atomic E-state index is 11.8. The van der Waals surface area contributed by atoms with Crippen molar-refractivity contribution in [2.75, 3.05) is 12.3 Å². The number of hydrogen-bond donors (Lipinski definition) is 4. The van der Waals surface area contributed by atoms with Gasteiger partial charge in [-0.05, 0) is 43.5 Å². The lowest BCUT2D eigenvalue weighted by Crippen LogP contribution is -2.40. The van der Waals surface area contributed by atoms with E-state index in [0.29, 0.717) is 37.1 Å². The third kappa shape index (κ3) is 6.82. The first-order valence-electron chi connectivity index (χ1n) is 7.60. The zero-order valence-electron chi connectivity index (χ0n) is 13.2. The molecule has 0 heterocycles. The number of carbonyl (C=O) groups is 3. The van der Waals surface area contributed by atoms with Gasteiger partial charge < -0.3 is 21.5 Å². The van der Waals surface area contributed by atoms with E-state index in [1.165, 1.54) is 0 Å². The molecule has 0 fully saturated rings. The molecule has 23 heavy (non-hydrogen) atoms. The Morgan fingerprint density at radius 3 is 2.39 bits per heavy atom. The van der Waals surface area contributed by atoms with Crippen LogP contribution in [0.3, 0.4) is 0 Å². The standard InChI is InChI=1S/C16H23N3O4/c1-2-14(20)19-13(16(22)23)5-3-4-10-18-15(21)11-6-8-12(17)9-7-11/h6-9,13H,2-5,10,17H2,1H3,(H,18,21)(H,19,20)(H,22,23). The van der Waals surface area contributed by atoms with Gasteiger partial charge in [0.2, 0.25) is 5.91 Å². The van der Waals surface area contributed by atoms with Gasteiger partial charge in [-0.1, -0.05) is 6.92 Å². The highest BCUT2D eigenvalue weighted by molar-refractivity contribution is 5.94. The second-order valence-electron chi connectivity index (χ2n) is 5.19. The summed E-state index contributed by atoms with van der Waals surface area (Å²) in [5.74, 6) is -1.52. The fourth-order valence-corrected chi connectivity index (χ4v) is 1.97. The van der Waals surface area contributed by atoms with E-state index in [1.807, 2.05) is 0 Å². The Bertz CT molecular complexity index is 543. The minimum atomic E-state index is -1.04. The van der Waals surface area contributed by atoms with Crippen LogP contribution < -0.4 is 16.4 Å². The van der Waals surface area contributed by atoms with Crippen molar-refractivity contribution in [1.82, 2.24) is 10.6 Å². The summed E-state index contributed by atoms with van der Waals surface area (Å²) in [5.41, 5.74) is 6.67. The molecule has 1 rings (SSSR count). The lowest BCUT2D eigenvalue weighted by Gasteiger charge is -2.13. The Hall–Kier alpha value is -2.57. The molecule has 0 aliphatic carbocycles. The molecule has 1 aromatic rings. The number of unbranched alkanes of at least 4 members (excludes halogenated alkanes) is 1. The molecule has 0 radical (unpaired) electrons. The SMILES string of the molecule is CCC(=O)NC(CCCCNC(=O)c1ccc(N)cc1)C(=O)O. The number of anilines is 1. The number of amides is 2. The number of nitrogens with two attached hydrogens (primary N) is 1. The smallest absolute Gasteiger partial charge is 0.326 e. The predicted octanol–water partition coefficient (Wildman–Crippen LogP) is 1.15. The number of carbonyl (C=O) groups excluding carboxylic acids is 2. The van der Waals surface area contributed by atoms with Crippen LogP contribution in [0, 0.1) is 0 Å². The monoisotopic (exact) mass is 321 g/mol. The van der Waals surface area contributed by atoms with Crippen molar-refractivity contribution < 1.29 is 19.5 Å². The molecule has 0 spiro atoms. The van der Waals surface area contributed by atoms with Gasteiger partial charge >= 0.3 is 5.97 Å². The summed E-state index contributed by atoms with van der Waals surface area (Å²) < 4.78 is 0. The molecule has 5 N–H and O–H groups in total. The van der Waals surface area contributed by atoms with Gasteiger partial charge in [-0.15, -0.1) is 0 Å². The second kappa shape index (κ2) is 9.45. The van der Waals surface area contributed by atoms with Gasteiger partial charge in [-0.3, -0.25) is 9.59 Å². The molecular weight excluding hydrogens is 298 g/mol. The zero-order valence-corrected chi connectivity index (χ0v) is 13.2. The van der Waals surface area contributed by atoms with Crippen LogP contribution in [-0.4, -0.2) is 35.5 Å². The van der Waals surface area contributed by atoms with Crippen LogP contribution in [-0.2, 0) is 9.59 Å². The van der Waals surface area contributed by atoms with E-state index in [-0.39, 0.29) is 18.2 Å². The molecule has 0 saturated carbocycles. The van der Waals surface area contributed by atoms with Crippen molar-refractivity contribution in [3.63, 3.8) is 0 Å². The Labute approximate surface area is 135 Å². The minimum Gasteiger partial charge on any atom is -0.480 e. The van der Waals surface area contributed by atoms with E-state index in [9.17, 15) is 14.4 Å². The third-order valence-corrected chi connectivity index (χ3v) is 3.33. The summed E-state index contributed by atoms with van der Waals surface area (Å²) in [7, 11) is 0. The Balaban J connectivity index is 2.28. The Morgan fingerprint density at radius 1 is 1.17 bits per heavy atom. The van der Waals surface area contributed by atoms with Crippen molar-refractivity contribution in [1.29, 1.82) is 0 Å². The van der Waals surface area contributed by atoms with Crippen molar-refractivity contribution in [3.8, 4) is 0 Å². The number of nitrogen functional groups attached to an aromatic ring is 1. The number of carboxylic acid groups (broad SMARTS) is 1. The van der Waals surface area contributed by atoms with Crippen LogP contribution in [0.25, 0.3) is 0 Å². The lowest BCUT2D eigenvalue weighted by atomic mass is 10.1. The Morgan fingerprint density at radius 2 is 1.83 bits per heavy atom. The summed E-state index contributed by atoms with van der Waals surface area (Å²) in [4.78, 5) is 34.1. The molecule has 0 saturated heterocycles. The van der Waals surface area contributed by atoms with Gasteiger partial charge in [0.15, 0.2) is 0 Å². The molecule has 126 valence electrons. The molecule has 1 unspecified atom stereocenters. The largest absolute Gasteiger partial charge is 0.480 e. The van der Waals surface area contributed by atoms with E-state index < -0.39 is 12.0 Å². The molecule has 0 bridgehead atoms. The first-order chi connectivity index (χ1) is 10.9. The number of benzene rings is 1. The highest BCUT2D eigenvalue weighted by atomic mass is 16.4. The predicted molar refractivity (Wildman–Crippen MR) is 86.9 cm³/mol. The van der Waals surface area contributed by atoms with E-state index in [4.69, 9.17) is 10.8 Å². The summed E-state index contributed by atoms with van der Waals surface area (Å²) in [6, 6.07) is 5.72. The second-order valence-corrected chi connectivity index (χ2v) is 5.19. The molecular formula is C16H23N3O4. The molecule has 0 aromatic heterocycles. The summed E-state index contributed by atoms with van der Waals surface area (Å²) in [6.45, 7) is 2.11. The van der Waals surface area contributed by atoms with Gasteiger partial charge in [-0.2, -0.15) is 0 Å². The highest BCUT2D eigenvalue weighted by Crippen LogP contribution is 2.06. The minimum absolute atomic E-state index is 0.195. The van der Waals surface area contributed by atoms with E-state index in [0.717, 1.165) is 0 Å². The van der Waals surface area contributed by atoms with E-state index in [2.05, 4.69) is 10.6 Å². The first-order valence-corrected chi connectivity index (χ1v) is 7.60. The number of hydrogen-bond acceptors (Lipinski definition) is 4. The topological polar surface area (TPSA) is 122 Å². The fraction of sp³-hybridized carbons (Fsp3) is 0.438. The molecule has 7 heteroatoms. The average molecular weight is 321 g/mol. The quantitative estimate of drug-likeness (QED) is 0.401. The highest BCUT2D eigenvalue weighted by Gasteiger charge is 2.18. The van der Waals surface area contributed by atoms with Crippen LogP contribution in [0.5, 0.6) is 0 Å². The summed E-state index contributed by atoms with van der Waals surface area (Å²) >= 11 is 0. The van der Waals surface area contributed by atoms with Crippen molar-refractivity contribution >= 4 is 23.5 Å². The molecule has 2 amide bonds. The lowest BCUT2D eigenvalue weighted by molar-refractivity contribution is -0.142. The molecule has 1 aromatic carbocycles.